The second-order valence-corrected chi connectivity index (χ2v) is 4.96. The monoisotopic (exact) mass is 333 g/mol. The molecule has 0 spiro atoms. The van der Waals surface area contributed by atoms with E-state index in [0.717, 1.165) is 16.7 Å². The van der Waals surface area contributed by atoms with Crippen LogP contribution in [0, 0.1) is 24.1 Å². The van der Waals surface area contributed by atoms with E-state index in [-0.39, 0.29) is 18.2 Å². The lowest BCUT2D eigenvalue weighted by Gasteiger charge is -2.12. The third-order valence-corrected chi connectivity index (χ3v) is 3.64. The molecule has 2 aromatic carbocycles. The minimum Gasteiger partial charge on any atom is -0.486 e. The number of halogens is 2. The molecule has 0 amide bonds. The first-order chi connectivity index (χ1) is 9.65. The number of rotatable bonds is 4. The van der Waals surface area contributed by atoms with Crippen molar-refractivity contribution in [1.82, 2.24) is 0 Å². The standard InChI is InChI=1S/C16H13BrFNO/c1-11-7-12(9-19)5-6-14(11)10-20-16-13(8-17)3-2-4-15(16)18/h2-7H,8,10H2,1H3. The van der Waals surface area contributed by atoms with Gasteiger partial charge in [0.1, 0.15) is 6.61 Å². The van der Waals surface area contributed by atoms with Crippen molar-refractivity contribution in [3.63, 3.8) is 0 Å². The molecule has 2 nitrogen and oxygen atoms in total. The average molecular weight is 334 g/mol. The Kier molecular flexibility index (Phi) is 4.75. The Morgan fingerprint density at radius 3 is 2.70 bits per heavy atom. The van der Waals surface area contributed by atoms with Gasteiger partial charge in [0.15, 0.2) is 11.6 Å². The largest absolute Gasteiger partial charge is 0.486 e. The summed E-state index contributed by atoms with van der Waals surface area (Å²) in [6, 6.07) is 12.3. The van der Waals surface area contributed by atoms with Gasteiger partial charge in [0, 0.05) is 10.9 Å². The second kappa shape index (κ2) is 6.53. The van der Waals surface area contributed by atoms with Crippen molar-refractivity contribution in [2.45, 2.75) is 18.9 Å². The first-order valence-electron chi connectivity index (χ1n) is 6.11. The average Bonchev–Trinajstić information content (AvgIpc) is 2.46. The van der Waals surface area contributed by atoms with Crippen LogP contribution in [0.1, 0.15) is 22.3 Å². The molecule has 0 aromatic heterocycles. The van der Waals surface area contributed by atoms with E-state index in [4.69, 9.17) is 10.00 Å². The Hall–Kier alpha value is -1.86. The molecule has 0 radical (unpaired) electrons. The van der Waals surface area contributed by atoms with Crippen LogP contribution in [-0.4, -0.2) is 0 Å². The van der Waals surface area contributed by atoms with Crippen LogP contribution in [0.3, 0.4) is 0 Å². The third kappa shape index (κ3) is 3.17. The zero-order valence-corrected chi connectivity index (χ0v) is 12.6. The summed E-state index contributed by atoms with van der Waals surface area (Å²) in [5.74, 6) is -0.0959. The molecule has 0 saturated heterocycles. The van der Waals surface area contributed by atoms with Gasteiger partial charge >= 0.3 is 0 Å². The molecule has 0 N–H and O–H groups in total. The number of nitriles is 1. The summed E-state index contributed by atoms with van der Waals surface area (Å²) in [5, 5.41) is 9.36. The topological polar surface area (TPSA) is 33.0 Å². The van der Waals surface area contributed by atoms with Gasteiger partial charge in [-0.25, -0.2) is 4.39 Å². The minimum atomic E-state index is -0.367. The van der Waals surface area contributed by atoms with Crippen LogP contribution in [0.25, 0.3) is 0 Å². The van der Waals surface area contributed by atoms with Crippen molar-refractivity contribution in [1.29, 1.82) is 5.26 Å². The summed E-state index contributed by atoms with van der Waals surface area (Å²) in [7, 11) is 0. The number of benzene rings is 2. The number of aryl methyl sites for hydroxylation is 1. The SMILES string of the molecule is Cc1cc(C#N)ccc1COc1c(F)cccc1CBr. The molecule has 0 heterocycles. The summed E-state index contributed by atoms with van der Waals surface area (Å²) >= 11 is 3.32. The van der Waals surface area contributed by atoms with Crippen LogP contribution >= 0.6 is 15.9 Å². The molecular formula is C16H13BrFNO. The zero-order valence-electron chi connectivity index (χ0n) is 11.0. The zero-order chi connectivity index (χ0) is 14.5. The number of hydrogen-bond donors (Lipinski definition) is 0. The molecule has 2 rings (SSSR count). The van der Waals surface area contributed by atoms with Crippen LogP contribution in [0.15, 0.2) is 36.4 Å². The van der Waals surface area contributed by atoms with Crippen LogP contribution in [0.5, 0.6) is 5.75 Å². The molecule has 0 aliphatic heterocycles. The predicted octanol–water partition coefficient (Wildman–Crippen LogP) is 4.48. The highest BCUT2D eigenvalue weighted by atomic mass is 79.9. The number of hydrogen-bond acceptors (Lipinski definition) is 2. The Balaban J connectivity index is 2.19. The fourth-order valence-electron chi connectivity index (χ4n) is 1.90. The molecule has 0 unspecified atom stereocenters. The molecule has 0 atom stereocenters. The van der Waals surface area contributed by atoms with Gasteiger partial charge in [-0.3, -0.25) is 0 Å². The number of nitrogens with zero attached hydrogens (tertiary/aromatic N) is 1. The number of alkyl halides is 1. The Labute approximate surface area is 125 Å². The van der Waals surface area contributed by atoms with Gasteiger partial charge in [0.2, 0.25) is 0 Å². The van der Waals surface area contributed by atoms with E-state index in [1.54, 1.807) is 18.2 Å². The molecule has 4 heteroatoms. The predicted molar refractivity (Wildman–Crippen MR) is 79.3 cm³/mol. The molecule has 0 aliphatic carbocycles. The van der Waals surface area contributed by atoms with Crippen molar-refractivity contribution in [2.24, 2.45) is 0 Å². The summed E-state index contributed by atoms with van der Waals surface area (Å²) < 4.78 is 19.4. The molecule has 20 heavy (non-hydrogen) atoms. The lowest BCUT2D eigenvalue weighted by atomic mass is 10.1. The van der Waals surface area contributed by atoms with Crippen LogP contribution in [0.4, 0.5) is 4.39 Å². The molecular weight excluding hydrogens is 321 g/mol. The number of ether oxygens (including phenoxy) is 1. The summed E-state index contributed by atoms with van der Waals surface area (Å²) in [4.78, 5) is 0. The van der Waals surface area contributed by atoms with E-state index in [9.17, 15) is 4.39 Å². The van der Waals surface area contributed by atoms with Crippen molar-refractivity contribution in [3.8, 4) is 11.8 Å². The van der Waals surface area contributed by atoms with E-state index in [0.29, 0.717) is 10.9 Å². The van der Waals surface area contributed by atoms with Gasteiger partial charge in [0.05, 0.1) is 11.6 Å². The maximum Gasteiger partial charge on any atom is 0.165 e. The highest BCUT2D eigenvalue weighted by Crippen LogP contribution is 2.26. The van der Waals surface area contributed by atoms with Crippen LogP contribution in [-0.2, 0) is 11.9 Å². The van der Waals surface area contributed by atoms with Gasteiger partial charge in [-0.05, 0) is 36.2 Å². The first-order valence-corrected chi connectivity index (χ1v) is 7.23. The summed E-state index contributed by atoms with van der Waals surface area (Å²) in [6.07, 6.45) is 0. The van der Waals surface area contributed by atoms with Crippen molar-refractivity contribution in [3.05, 3.63) is 64.5 Å². The minimum absolute atomic E-state index is 0.271. The Morgan fingerprint density at radius 1 is 1.25 bits per heavy atom. The van der Waals surface area contributed by atoms with Gasteiger partial charge < -0.3 is 4.74 Å². The second-order valence-electron chi connectivity index (χ2n) is 4.40. The van der Waals surface area contributed by atoms with E-state index in [1.165, 1.54) is 6.07 Å². The molecule has 0 aliphatic rings. The van der Waals surface area contributed by atoms with Crippen molar-refractivity contribution < 1.29 is 9.13 Å². The maximum atomic E-state index is 13.8. The van der Waals surface area contributed by atoms with Gasteiger partial charge in [-0.15, -0.1) is 0 Å². The van der Waals surface area contributed by atoms with E-state index >= 15 is 0 Å². The smallest absolute Gasteiger partial charge is 0.165 e. The molecule has 0 fully saturated rings. The van der Waals surface area contributed by atoms with Gasteiger partial charge in [-0.1, -0.05) is 34.1 Å². The highest BCUT2D eigenvalue weighted by molar-refractivity contribution is 9.08. The van der Waals surface area contributed by atoms with E-state index in [2.05, 4.69) is 22.0 Å². The summed E-state index contributed by atoms with van der Waals surface area (Å²) in [5.41, 5.74) is 3.28. The first kappa shape index (κ1) is 14.5. The van der Waals surface area contributed by atoms with Gasteiger partial charge in [-0.2, -0.15) is 5.26 Å². The Morgan fingerprint density at radius 2 is 2.05 bits per heavy atom. The van der Waals surface area contributed by atoms with Crippen molar-refractivity contribution in [2.75, 3.05) is 0 Å². The quantitative estimate of drug-likeness (QED) is 0.773. The molecule has 2 aromatic rings. The molecule has 102 valence electrons. The van der Waals surface area contributed by atoms with Crippen LogP contribution in [0.2, 0.25) is 0 Å². The molecule has 0 saturated carbocycles. The highest BCUT2D eigenvalue weighted by Gasteiger charge is 2.10. The molecule has 0 bridgehead atoms. The fourth-order valence-corrected chi connectivity index (χ4v) is 2.34. The third-order valence-electron chi connectivity index (χ3n) is 3.04. The number of para-hydroxylation sites is 1. The Bertz CT molecular complexity index is 664. The lowest BCUT2D eigenvalue weighted by molar-refractivity contribution is 0.287. The summed E-state index contributed by atoms with van der Waals surface area (Å²) in [6.45, 7) is 2.19. The fraction of sp³-hybridized carbons (Fsp3) is 0.188. The maximum absolute atomic E-state index is 13.8. The van der Waals surface area contributed by atoms with Gasteiger partial charge in [0.25, 0.3) is 0 Å². The van der Waals surface area contributed by atoms with E-state index in [1.807, 2.05) is 19.1 Å². The van der Waals surface area contributed by atoms with Crippen LogP contribution < -0.4 is 4.74 Å². The lowest BCUT2D eigenvalue weighted by Crippen LogP contribution is -2.02. The van der Waals surface area contributed by atoms with E-state index < -0.39 is 0 Å². The normalized spacial score (nSPS) is 10.1. The van der Waals surface area contributed by atoms with Crippen molar-refractivity contribution >= 4 is 15.9 Å².